The lowest BCUT2D eigenvalue weighted by molar-refractivity contribution is -0.117. The van der Waals surface area contributed by atoms with Gasteiger partial charge in [0.25, 0.3) is 0 Å². The van der Waals surface area contributed by atoms with Gasteiger partial charge in [-0.1, -0.05) is 48.0 Å². The van der Waals surface area contributed by atoms with E-state index < -0.39 is 0 Å². The first kappa shape index (κ1) is 17.0. The Hall–Kier alpha value is -2.82. The molecule has 0 aromatic heterocycles. The number of hydrogen-bond donors (Lipinski definition) is 2. The van der Waals surface area contributed by atoms with Crippen molar-refractivity contribution >= 4 is 17.6 Å². The van der Waals surface area contributed by atoms with E-state index in [0.717, 1.165) is 11.3 Å². The molecule has 1 fully saturated rings. The van der Waals surface area contributed by atoms with Gasteiger partial charge in [-0.15, -0.1) is 0 Å². The van der Waals surface area contributed by atoms with Crippen molar-refractivity contribution in [1.29, 1.82) is 0 Å². The number of nitrogens with one attached hydrogen (secondary N) is 2. The number of amides is 3. The molecule has 3 rings (SSSR count). The molecule has 5 nitrogen and oxygen atoms in total. The minimum atomic E-state index is -0.204. The van der Waals surface area contributed by atoms with Crippen LogP contribution in [-0.2, 0) is 11.3 Å². The number of benzene rings is 2. The molecule has 5 heteroatoms. The molecule has 0 radical (unpaired) electrons. The van der Waals surface area contributed by atoms with Crippen molar-refractivity contribution < 1.29 is 9.59 Å². The number of anilines is 1. The second kappa shape index (κ2) is 7.83. The maximum absolute atomic E-state index is 12.2. The molecule has 0 saturated carbocycles. The van der Waals surface area contributed by atoms with Crippen molar-refractivity contribution in [2.45, 2.75) is 19.9 Å². The predicted octanol–water partition coefficient (Wildman–Crippen LogP) is 2.85. The van der Waals surface area contributed by atoms with Gasteiger partial charge in [0.15, 0.2) is 0 Å². The van der Waals surface area contributed by atoms with Gasteiger partial charge in [-0.25, -0.2) is 4.79 Å². The molecular formula is C20H23N3O2. The van der Waals surface area contributed by atoms with Crippen molar-refractivity contribution in [2.24, 2.45) is 5.92 Å². The second-order valence-corrected chi connectivity index (χ2v) is 6.46. The lowest BCUT2D eigenvalue weighted by atomic mass is 10.1. The van der Waals surface area contributed by atoms with E-state index in [2.05, 4.69) is 10.6 Å². The van der Waals surface area contributed by atoms with Crippen LogP contribution >= 0.6 is 0 Å². The first-order chi connectivity index (χ1) is 12.1. The fourth-order valence-electron chi connectivity index (χ4n) is 2.97. The Kier molecular flexibility index (Phi) is 5.33. The normalized spacial score (nSPS) is 16.8. The SMILES string of the molecule is Cc1ccc(N2C[C@H](CNC(=O)NCc3ccccc3)CC2=O)cc1. The predicted molar refractivity (Wildman–Crippen MR) is 98.3 cm³/mol. The number of nitrogens with zero attached hydrogens (tertiary/aromatic N) is 1. The molecule has 2 aromatic rings. The van der Waals surface area contributed by atoms with Crippen LogP contribution in [0, 0.1) is 12.8 Å². The molecule has 0 spiro atoms. The molecule has 1 aliphatic heterocycles. The van der Waals surface area contributed by atoms with Crippen LogP contribution in [-0.4, -0.2) is 25.0 Å². The third-order valence-electron chi connectivity index (χ3n) is 4.40. The van der Waals surface area contributed by atoms with Gasteiger partial charge in [0.2, 0.25) is 5.91 Å². The van der Waals surface area contributed by atoms with Gasteiger partial charge in [0.1, 0.15) is 0 Å². The van der Waals surface area contributed by atoms with Gasteiger partial charge in [-0.2, -0.15) is 0 Å². The Balaban J connectivity index is 1.45. The maximum Gasteiger partial charge on any atom is 0.315 e. The second-order valence-electron chi connectivity index (χ2n) is 6.46. The Bertz CT molecular complexity index is 728. The molecule has 0 bridgehead atoms. The molecule has 130 valence electrons. The van der Waals surface area contributed by atoms with Crippen LogP contribution in [0.5, 0.6) is 0 Å². The highest BCUT2D eigenvalue weighted by atomic mass is 16.2. The fourth-order valence-corrected chi connectivity index (χ4v) is 2.97. The Morgan fingerprint density at radius 2 is 1.80 bits per heavy atom. The number of aryl methyl sites for hydroxylation is 1. The zero-order chi connectivity index (χ0) is 17.6. The molecule has 2 N–H and O–H groups in total. The van der Waals surface area contributed by atoms with E-state index in [1.54, 1.807) is 4.90 Å². The average molecular weight is 337 g/mol. The van der Waals surface area contributed by atoms with E-state index in [1.807, 2.05) is 61.5 Å². The van der Waals surface area contributed by atoms with Crippen LogP contribution < -0.4 is 15.5 Å². The maximum atomic E-state index is 12.2. The minimum absolute atomic E-state index is 0.111. The van der Waals surface area contributed by atoms with E-state index >= 15 is 0 Å². The van der Waals surface area contributed by atoms with Gasteiger partial charge < -0.3 is 15.5 Å². The largest absolute Gasteiger partial charge is 0.338 e. The van der Waals surface area contributed by atoms with Crippen LogP contribution in [0.25, 0.3) is 0 Å². The third-order valence-corrected chi connectivity index (χ3v) is 4.40. The third kappa shape index (κ3) is 4.59. The first-order valence-corrected chi connectivity index (χ1v) is 8.54. The fraction of sp³-hybridized carbons (Fsp3) is 0.300. The number of carbonyl (C=O) groups is 2. The van der Waals surface area contributed by atoms with Gasteiger partial charge in [0.05, 0.1) is 0 Å². The van der Waals surface area contributed by atoms with Crippen LogP contribution in [0.3, 0.4) is 0 Å². The molecule has 1 aliphatic rings. The summed E-state index contributed by atoms with van der Waals surface area (Å²) in [6.07, 6.45) is 0.465. The highest BCUT2D eigenvalue weighted by Crippen LogP contribution is 2.24. The minimum Gasteiger partial charge on any atom is -0.338 e. The van der Waals surface area contributed by atoms with Crippen LogP contribution in [0.1, 0.15) is 17.5 Å². The van der Waals surface area contributed by atoms with Gasteiger partial charge in [-0.05, 0) is 24.6 Å². The molecule has 3 amide bonds. The monoisotopic (exact) mass is 337 g/mol. The zero-order valence-electron chi connectivity index (χ0n) is 14.4. The topological polar surface area (TPSA) is 61.4 Å². The van der Waals surface area contributed by atoms with E-state index in [1.165, 1.54) is 5.56 Å². The highest BCUT2D eigenvalue weighted by Gasteiger charge is 2.30. The van der Waals surface area contributed by atoms with Crippen molar-refractivity contribution in [1.82, 2.24) is 10.6 Å². The van der Waals surface area contributed by atoms with Crippen LogP contribution in [0.15, 0.2) is 54.6 Å². The molecule has 0 aliphatic carbocycles. The summed E-state index contributed by atoms with van der Waals surface area (Å²) >= 11 is 0. The standard InChI is InChI=1S/C20H23N3O2/c1-15-7-9-18(10-8-15)23-14-17(11-19(23)24)13-22-20(25)21-12-16-5-3-2-4-6-16/h2-10,17H,11-14H2,1H3,(H2,21,22,25)/t17-/m0/s1. The smallest absolute Gasteiger partial charge is 0.315 e. The van der Waals surface area contributed by atoms with Crippen LogP contribution in [0.4, 0.5) is 10.5 Å². The summed E-state index contributed by atoms with van der Waals surface area (Å²) in [5.74, 6) is 0.247. The summed E-state index contributed by atoms with van der Waals surface area (Å²) in [5, 5.41) is 5.70. The quantitative estimate of drug-likeness (QED) is 0.881. The Morgan fingerprint density at radius 1 is 1.08 bits per heavy atom. The van der Waals surface area contributed by atoms with Crippen LogP contribution in [0.2, 0.25) is 0 Å². The summed E-state index contributed by atoms with van der Waals surface area (Å²) in [5.41, 5.74) is 3.15. The molecule has 2 aromatic carbocycles. The number of rotatable bonds is 5. The van der Waals surface area contributed by atoms with Gasteiger partial charge in [-0.3, -0.25) is 4.79 Å². The van der Waals surface area contributed by atoms with E-state index in [4.69, 9.17) is 0 Å². The summed E-state index contributed by atoms with van der Waals surface area (Å²) in [4.78, 5) is 25.9. The number of urea groups is 1. The molecular weight excluding hydrogens is 314 g/mol. The zero-order valence-corrected chi connectivity index (χ0v) is 14.4. The lowest BCUT2D eigenvalue weighted by Crippen LogP contribution is -2.38. The molecule has 25 heavy (non-hydrogen) atoms. The molecule has 1 heterocycles. The number of carbonyl (C=O) groups excluding carboxylic acids is 2. The summed E-state index contributed by atoms with van der Waals surface area (Å²) in [7, 11) is 0. The van der Waals surface area contributed by atoms with E-state index in [-0.39, 0.29) is 17.9 Å². The number of hydrogen-bond acceptors (Lipinski definition) is 2. The van der Waals surface area contributed by atoms with Gasteiger partial charge >= 0.3 is 6.03 Å². The Morgan fingerprint density at radius 3 is 2.52 bits per heavy atom. The summed E-state index contributed by atoms with van der Waals surface area (Å²) in [6.45, 7) is 3.65. The van der Waals surface area contributed by atoms with Crippen molar-refractivity contribution in [2.75, 3.05) is 18.0 Å². The van der Waals surface area contributed by atoms with E-state index in [0.29, 0.717) is 26.1 Å². The molecule has 1 atom stereocenters. The molecule has 0 unspecified atom stereocenters. The summed E-state index contributed by atoms with van der Waals surface area (Å²) < 4.78 is 0. The van der Waals surface area contributed by atoms with Crippen molar-refractivity contribution in [3.63, 3.8) is 0 Å². The first-order valence-electron chi connectivity index (χ1n) is 8.54. The lowest BCUT2D eigenvalue weighted by Gasteiger charge is -2.17. The average Bonchev–Trinajstić information content (AvgIpc) is 3.00. The van der Waals surface area contributed by atoms with Gasteiger partial charge in [0, 0.05) is 37.7 Å². The molecule has 1 saturated heterocycles. The van der Waals surface area contributed by atoms with E-state index in [9.17, 15) is 9.59 Å². The summed E-state index contributed by atoms with van der Waals surface area (Å²) in [6, 6.07) is 17.5. The van der Waals surface area contributed by atoms with Crippen molar-refractivity contribution in [3.05, 3.63) is 65.7 Å². The Labute approximate surface area is 148 Å². The highest BCUT2D eigenvalue weighted by molar-refractivity contribution is 5.95. The van der Waals surface area contributed by atoms with Crippen molar-refractivity contribution in [3.8, 4) is 0 Å².